The van der Waals surface area contributed by atoms with E-state index in [1.54, 1.807) is 6.20 Å². The number of carbonyl (C=O) groups excluding carboxylic acids is 1. The van der Waals surface area contributed by atoms with Crippen molar-refractivity contribution in [3.8, 4) is 5.75 Å². The Hall–Kier alpha value is -2.96. The molecule has 0 bridgehead atoms. The lowest BCUT2D eigenvalue weighted by atomic mass is 9.64. The molecule has 0 radical (unpaired) electrons. The Balaban J connectivity index is 1.36. The second-order valence-electron chi connectivity index (χ2n) is 8.96. The highest BCUT2D eigenvalue weighted by Gasteiger charge is 2.40. The van der Waals surface area contributed by atoms with Gasteiger partial charge in [-0.1, -0.05) is 26.0 Å². The molecule has 7 heteroatoms. The summed E-state index contributed by atoms with van der Waals surface area (Å²) in [5.74, 6) is 0.719. The molecular weight excluding hydrogens is 405 g/mol. The molecule has 1 heterocycles. The monoisotopic (exact) mass is 430 g/mol. The summed E-state index contributed by atoms with van der Waals surface area (Å²) in [5, 5.41) is 3.87. The van der Waals surface area contributed by atoms with E-state index >= 15 is 0 Å². The highest BCUT2D eigenvalue weighted by Crippen LogP contribution is 2.45. The largest absolute Gasteiger partial charge is 0.493 e. The van der Waals surface area contributed by atoms with Gasteiger partial charge in [-0.05, 0) is 54.2 Å². The molecule has 4 nitrogen and oxygen atoms in total. The van der Waals surface area contributed by atoms with Gasteiger partial charge >= 0.3 is 6.18 Å². The molecule has 4 rings (SSSR count). The van der Waals surface area contributed by atoms with E-state index in [1.165, 1.54) is 12.1 Å². The first kappa shape index (κ1) is 21.3. The van der Waals surface area contributed by atoms with Gasteiger partial charge in [-0.15, -0.1) is 0 Å². The maximum atomic E-state index is 12.7. The van der Waals surface area contributed by atoms with Crippen molar-refractivity contribution in [1.82, 2.24) is 4.98 Å². The van der Waals surface area contributed by atoms with Crippen LogP contribution in [0, 0.1) is 11.3 Å². The molecule has 2 aromatic carbocycles. The van der Waals surface area contributed by atoms with E-state index in [9.17, 15) is 18.0 Å². The normalized spacial score (nSPS) is 16.2. The van der Waals surface area contributed by atoms with E-state index < -0.39 is 11.7 Å². The second-order valence-corrected chi connectivity index (χ2v) is 8.96. The van der Waals surface area contributed by atoms with Crippen LogP contribution in [-0.4, -0.2) is 17.5 Å². The number of H-pyrrole nitrogens is 1. The van der Waals surface area contributed by atoms with Crippen LogP contribution in [0.4, 0.5) is 18.9 Å². The first-order chi connectivity index (χ1) is 14.6. The fourth-order valence-electron chi connectivity index (χ4n) is 4.13. The molecule has 1 aliphatic carbocycles. The molecule has 31 heavy (non-hydrogen) atoms. The molecule has 1 fully saturated rings. The number of hydrogen-bond acceptors (Lipinski definition) is 2. The Morgan fingerprint density at radius 3 is 2.52 bits per heavy atom. The highest BCUT2D eigenvalue weighted by molar-refractivity contribution is 6.03. The Bertz CT molecular complexity index is 1080. The minimum absolute atomic E-state index is 0.0360. The van der Waals surface area contributed by atoms with Crippen molar-refractivity contribution < 1.29 is 22.7 Å². The minimum Gasteiger partial charge on any atom is -0.493 e. The zero-order valence-corrected chi connectivity index (χ0v) is 17.5. The number of ether oxygens (including phenoxy) is 1. The van der Waals surface area contributed by atoms with Crippen molar-refractivity contribution in [3.05, 3.63) is 59.8 Å². The number of anilines is 1. The number of carbonyl (C=O) groups is 1. The summed E-state index contributed by atoms with van der Waals surface area (Å²) in [6.45, 7) is 4.66. The van der Waals surface area contributed by atoms with Crippen molar-refractivity contribution >= 4 is 22.5 Å². The molecule has 1 aromatic heterocycles. The maximum Gasteiger partial charge on any atom is 0.416 e. The van der Waals surface area contributed by atoms with E-state index in [-0.39, 0.29) is 17.2 Å². The van der Waals surface area contributed by atoms with Crippen LogP contribution in [0.2, 0.25) is 0 Å². The van der Waals surface area contributed by atoms with Gasteiger partial charge in [0.05, 0.1) is 17.9 Å². The summed E-state index contributed by atoms with van der Waals surface area (Å²) in [6, 6.07) is 10.7. The number of halogens is 3. The quantitative estimate of drug-likeness (QED) is 0.490. The van der Waals surface area contributed by atoms with Crippen LogP contribution < -0.4 is 10.1 Å². The molecule has 3 aromatic rings. The smallest absolute Gasteiger partial charge is 0.416 e. The van der Waals surface area contributed by atoms with Crippen molar-refractivity contribution in [2.45, 2.75) is 39.3 Å². The van der Waals surface area contributed by atoms with Gasteiger partial charge in [0.15, 0.2) is 0 Å². The van der Waals surface area contributed by atoms with Crippen LogP contribution in [0.5, 0.6) is 5.75 Å². The highest BCUT2D eigenvalue weighted by atomic mass is 19.4. The number of alkyl halides is 3. The molecule has 2 N–H and O–H groups in total. The van der Waals surface area contributed by atoms with Crippen molar-refractivity contribution in [2.24, 2.45) is 11.3 Å². The van der Waals surface area contributed by atoms with E-state index in [1.807, 2.05) is 18.2 Å². The summed E-state index contributed by atoms with van der Waals surface area (Å²) >= 11 is 0. The van der Waals surface area contributed by atoms with Crippen LogP contribution >= 0.6 is 0 Å². The van der Waals surface area contributed by atoms with Gasteiger partial charge in [0.25, 0.3) is 0 Å². The lowest BCUT2D eigenvalue weighted by molar-refractivity contribution is -0.137. The summed E-state index contributed by atoms with van der Waals surface area (Å²) in [5.41, 5.74) is 1.95. The number of fused-ring (bicyclic) bond motifs is 1. The first-order valence-electron chi connectivity index (χ1n) is 10.3. The fourth-order valence-corrected chi connectivity index (χ4v) is 4.13. The maximum absolute atomic E-state index is 12.7. The predicted octanol–water partition coefficient (Wildman–Crippen LogP) is 6.18. The van der Waals surface area contributed by atoms with E-state index in [4.69, 9.17) is 4.74 Å². The van der Waals surface area contributed by atoms with Crippen molar-refractivity contribution in [3.63, 3.8) is 0 Å². The Labute approximate surface area is 178 Å². The van der Waals surface area contributed by atoms with Gasteiger partial charge in [-0.25, -0.2) is 0 Å². The lowest BCUT2D eigenvalue weighted by Gasteiger charge is -2.41. The number of aromatic amines is 1. The lowest BCUT2D eigenvalue weighted by Crippen LogP contribution is -2.39. The number of aromatic nitrogens is 1. The third-order valence-electron chi connectivity index (χ3n) is 5.82. The molecule has 0 saturated heterocycles. The van der Waals surface area contributed by atoms with Crippen LogP contribution in [0.15, 0.2) is 48.7 Å². The fraction of sp³-hybridized carbons (Fsp3) is 0.375. The van der Waals surface area contributed by atoms with Crippen LogP contribution in [0.25, 0.3) is 10.9 Å². The van der Waals surface area contributed by atoms with Gasteiger partial charge in [0.2, 0.25) is 5.91 Å². The summed E-state index contributed by atoms with van der Waals surface area (Å²) in [4.78, 5) is 15.6. The zero-order chi connectivity index (χ0) is 22.2. The van der Waals surface area contributed by atoms with Gasteiger partial charge in [0, 0.05) is 29.4 Å². The summed E-state index contributed by atoms with van der Waals surface area (Å²) < 4.78 is 43.8. The van der Waals surface area contributed by atoms with Gasteiger partial charge in [0.1, 0.15) is 5.75 Å². The SMILES string of the molecule is CC1(C)CC(C(=O)Nc2c[nH]c3ccc(OCCc4ccc(C(F)(F)F)cc4)cc23)C1. The average Bonchev–Trinajstić information content (AvgIpc) is 3.08. The number of hydrogen-bond donors (Lipinski definition) is 2. The number of amides is 1. The molecule has 0 unspecified atom stereocenters. The predicted molar refractivity (Wildman–Crippen MR) is 114 cm³/mol. The zero-order valence-electron chi connectivity index (χ0n) is 17.5. The van der Waals surface area contributed by atoms with Gasteiger partial charge in [-0.3, -0.25) is 4.79 Å². The molecule has 1 saturated carbocycles. The van der Waals surface area contributed by atoms with Crippen LogP contribution in [-0.2, 0) is 17.4 Å². The third-order valence-corrected chi connectivity index (χ3v) is 5.82. The Kier molecular flexibility index (Phi) is 5.45. The molecule has 0 aliphatic heterocycles. The Morgan fingerprint density at radius 2 is 1.87 bits per heavy atom. The molecule has 0 spiro atoms. The van der Waals surface area contributed by atoms with Crippen LogP contribution in [0.1, 0.15) is 37.8 Å². The number of nitrogens with one attached hydrogen (secondary N) is 2. The molecule has 1 aliphatic rings. The summed E-state index contributed by atoms with van der Waals surface area (Å²) in [6.07, 6.45) is -0.287. The standard InChI is InChI=1S/C24H25F3N2O2/c1-23(2)12-16(13-23)22(30)29-21-14-28-20-8-7-18(11-19(20)21)31-10-9-15-3-5-17(6-4-15)24(25,26)27/h3-8,11,14,16,28H,9-10,12-13H2,1-2H3,(H,29,30). The van der Waals surface area contributed by atoms with E-state index in [0.29, 0.717) is 18.8 Å². The number of benzene rings is 2. The molecule has 164 valence electrons. The van der Waals surface area contributed by atoms with Crippen molar-refractivity contribution in [1.29, 1.82) is 0 Å². The third kappa shape index (κ3) is 4.86. The minimum atomic E-state index is -4.33. The van der Waals surface area contributed by atoms with Crippen LogP contribution in [0.3, 0.4) is 0 Å². The van der Waals surface area contributed by atoms with E-state index in [0.717, 1.165) is 47.1 Å². The van der Waals surface area contributed by atoms with Gasteiger partial charge in [-0.2, -0.15) is 13.2 Å². The van der Waals surface area contributed by atoms with E-state index in [2.05, 4.69) is 24.1 Å². The molecule has 1 amide bonds. The first-order valence-corrected chi connectivity index (χ1v) is 10.3. The van der Waals surface area contributed by atoms with Crippen molar-refractivity contribution in [2.75, 3.05) is 11.9 Å². The molecule has 0 atom stereocenters. The number of rotatable bonds is 6. The molecular formula is C24H25F3N2O2. The topological polar surface area (TPSA) is 54.1 Å². The average molecular weight is 430 g/mol. The second kappa shape index (κ2) is 7.94. The van der Waals surface area contributed by atoms with Gasteiger partial charge < -0.3 is 15.0 Å². The Morgan fingerprint density at radius 1 is 1.16 bits per heavy atom. The summed E-state index contributed by atoms with van der Waals surface area (Å²) in [7, 11) is 0.